The van der Waals surface area contributed by atoms with Crippen LogP contribution in [0.25, 0.3) is 0 Å². The van der Waals surface area contributed by atoms with Gasteiger partial charge in [0.25, 0.3) is 0 Å². The maximum atomic E-state index is 6.28. The van der Waals surface area contributed by atoms with Crippen LogP contribution in [0.3, 0.4) is 0 Å². The fraction of sp³-hybridized carbons (Fsp3) is 0.360. The van der Waals surface area contributed by atoms with Crippen molar-refractivity contribution in [2.24, 2.45) is 10.1 Å². The van der Waals surface area contributed by atoms with Gasteiger partial charge in [0, 0.05) is 54.1 Å². The first kappa shape index (κ1) is 23.3. The second-order valence-electron chi connectivity index (χ2n) is 8.25. The molecular weight excluding hydrogens is 482 g/mol. The van der Waals surface area contributed by atoms with E-state index in [0.29, 0.717) is 11.6 Å². The van der Waals surface area contributed by atoms with Crippen molar-refractivity contribution < 1.29 is 9.47 Å². The number of rotatable bonds is 7. The number of hydrogen-bond donors (Lipinski definition) is 2. The van der Waals surface area contributed by atoms with Crippen LogP contribution in [0.4, 0.5) is 5.69 Å². The third kappa shape index (κ3) is 5.75. The Balaban J connectivity index is 1.59. The highest BCUT2D eigenvalue weighted by molar-refractivity contribution is 9.11. The molecule has 2 N–H and O–H groups in total. The summed E-state index contributed by atoms with van der Waals surface area (Å²) in [5.74, 6) is 2.24. The quantitative estimate of drug-likeness (QED) is 0.562. The number of likely N-dealkylation sites (N-methyl/N-ethyl adjacent to an activating group) is 1. The Bertz CT molecular complexity index is 1070. The van der Waals surface area contributed by atoms with Crippen LogP contribution in [0.2, 0.25) is 0 Å². The second-order valence-corrected chi connectivity index (χ2v) is 9.17. The van der Waals surface area contributed by atoms with E-state index in [-0.39, 0.29) is 12.0 Å². The highest BCUT2D eigenvalue weighted by Crippen LogP contribution is 2.30. The SMILES string of the molecule is C=C(/N=C1/C(OC)=CC(Br)=C/C1=C/C)Nc1cc(O[C@H]2CCNC2)cc(C2C=NN(C)C2)c1. The van der Waals surface area contributed by atoms with Gasteiger partial charge in [-0.2, -0.15) is 5.10 Å². The molecule has 0 spiro atoms. The summed E-state index contributed by atoms with van der Waals surface area (Å²) in [7, 11) is 3.62. The fourth-order valence-electron chi connectivity index (χ4n) is 4.08. The van der Waals surface area contributed by atoms with E-state index in [1.807, 2.05) is 49.5 Å². The van der Waals surface area contributed by atoms with E-state index < -0.39 is 0 Å². The van der Waals surface area contributed by atoms with Crippen molar-refractivity contribution in [2.45, 2.75) is 25.4 Å². The zero-order valence-electron chi connectivity index (χ0n) is 19.3. The maximum Gasteiger partial charge on any atom is 0.146 e. The molecule has 0 aromatic heterocycles. The number of benzene rings is 1. The summed E-state index contributed by atoms with van der Waals surface area (Å²) in [6, 6.07) is 6.23. The molecular formula is C25H30BrN5O2. The summed E-state index contributed by atoms with van der Waals surface area (Å²) >= 11 is 3.52. The third-order valence-corrected chi connectivity index (χ3v) is 6.17. The molecule has 1 saturated heterocycles. The fourth-order valence-corrected chi connectivity index (χ4v) is 4.54. The minimum atomic E-state index is 0.176. The Hall–Kier alpha value is -2.84. The molecule has 174 valence electrons. The monoisotopic (exact) mass is 511 g/mol. The van der Waals surface area contributed by atoms with Gasteiger partial charge in [-0.25, -0.2) is 4.99 Å². The minimum absolute atomic E-state index is 0.176. The smallest absolute Gasteiger partial charge is 0.146 e. The summed E-state index contributed by atoms with van der Waals surface area (Å²) in [5, 5.41) is 13.0. The molecule has 0 radical (unpaired) electrons. The first-order chi connectivity index (χ1) is 15.9. The van der Waals surface area contributed by atoms with Crippen LogP contribution >= 0.6 is 15.9 Å². The molecule has 4 rings (SSSR count). The highest BCUT2D eigenvalue weighted by Gasteiger charge is 2.21. The summed E-state index contributed by atoms with van der Waals surface area (Å²) in [6.45, 7) is 8.81. The number of allylic oxidation sites excluding steroid dienone is 5. The van der Waals surface area contributed by atoms with E-state index in [0.717, 1.165) is 58.8 Å². The van der Waals surface area contributed by atoms with Gasteiger partial charge in [-0.05, 0) is 49.7 Å². The van der Waals surface area contributed by atoms with Crippen molar-refractivity contribution in [3.05, 3.63) is 70.2 Å². The van der Waals surface area contributed by atoms with Gasteiger partial charge in [-0.15, -0.1) is 0 Å². The van der Waals surface area contributed by atoms with Gasteiger partial charge in [-0.1, -0.05) is 28.6 Å². The zero-order chi connectivity index (χ0) is 23.4. The average Bonchev–Trinajstić information content (AvgIpc) is 3.46. The lowest BCUT2D eigenvalue weighted by atomic mass is 10.00. The number of hydrazone groups is 1. The van der Waals surface area contributed by atoms with Gasteiger partial charge in [0.15, 0.2) is 0 Å². The van der Waals surface area contributed by atoms with Crippen LogP contribution < -0.4 is 15.4 Å². The van der Waals surface area contributed by atoms with Gasteiger partial charge in [-0.3, -0.25) is 5.01 Å². The summed E-state index contributed by atoms with van der Waals surface area (Å²) in [5.41, 5.74) is 3.71. The van der Waals surface area contributed by atoms with Crippen molar-refractivity contribution >= 4 is 33.5 Å². The van der Waals surface area contributed by atoms with E-state index in [1.165, 1.54) is 0 Å². The molecule has 2 aliphatic heterocycles. The van der Waals surface area contributed by atoms with Crippen LogP contribution in [0.1, 0.15) is 24.8 Å². The average molecular weight is 512 g/mol. The van der Waals surface area contributed by atoms with E-state index in [2.05, 4.69) is 50.4 Å². The first-order valence-corrected chi connectivity index (χ1v) is 11.9. The number of aliphatic imine (C=N–C) groups is 1. The molecule has 8 heteroatoms. The van der Waals surface area contributed by atoms with Crippen molar-refractivity contribution in [1.29, 1.82) is 0 Å². The van der Waals surface area contributed by atoms with E-state index in [1.54, 1.807) is 7.11 Å². The lowest BCUT2D eigenvalue weighted by molar-refractivity contribution is 0.223. The molecule has 1 fully saturated rings. The van der Waals surface area contributed by atoms with Gasteiger partial charge in [0.2, 0.25) is 0 Å². The van der Waals surface area contributed by atoms with Crippen LogP contribution in [-0.2, 0) is 4.74 Å². The normalized spacial score (nSPS) is 24.8. The molecule has 2 atom stereocenters. The number of anilines is 1. The lowest BCUT2D eigenvalue weighted by Crippen LogP contribution is -2.20. The molecule has 1 aromatic carbocycles. The summed E-state index contributed by atoms with van der Waals surface area (Å²) in [6.07, 6.45) is 9.06. The molecule has 0 saturated carbocycles. The predicted octanol–water partition coefficient (Wildman–Crippen LogP) is 4.54. The largest absolute Gasteiger partial charge is 0.494 e. The molecule has 1 unspecified atom stereocenters. The molecule has 33 heavy (non-hydrogen) atoms. The van der Waals surface area contributed by atoms with Crippen LogP contribution in [-0.4, -0.2) is 56.8 Å². The molecule has 1 aromatic rings. The van der Waals surface area contributed by atoms with E-state index in [4.69, 9.17) is 14.5 Å². The number of nitrogens with one attached hydrogen (secondary N) is 2. The Kier molecular flexibility index (Phi) is 7.35. The number of hydrogen-bond acceptors (Lipinski definition) is 7. The van der Waals surface area contributed by atoms with E-state index >= 15 is 0 Å². The second kappa shape index (κ2) is 10.4. The molecule has 3 aliphatic rings. The van der Waals surface area contributed by atoms with Crippen molar-refractivity contribution in [2.75, 3.05) is 39.1 Å². The zero-order valence-corrected chi connectivity index (χ0v) is 20.9. The third-order valence-electron chi connectivity index (χ3n) is 5.72. The summed E-state index contributed by atoms with van der Waals surface area (Å²) in [4.78, 5) is 4.74. The topological polar surface area (TPSA) is 70.5 Å². The van der Waals surface area contributed by atoms with Gasteiger partial charge in [0.1, 0.15) is 29.1 Å². The number of halogens is 1. The Morgan fingerprint density at radius 3 is 2.88 bits per heavy atom. The van der Waals surface area contributed by atoms with E-state index in [9.17, 15) is 0 Å². The minimum Gasteiger partial charge on any atom is -0.494 e. The van der Waals surface area contributed by atoms with Crippen LogP contribution in [0, 0.1) is 0 Å². The molecule has 2 heterocycles. The number of methoxy groups -OCH3 is 1. The predicted molar refractivity (Wildman–Crippen MR) is 138 cm³/mol. The molecule has 1 aliphatic carbocycles. The highest BCUT2D eigenvalue weighted by atomic mass is 79.9. The van der Waals surface area contributed by atoms with Gasteiger partial charge in [0.05, 0.1) is 7.11 Å². The van der Waals surface area contributed by atoms with Crippen LogP contribution in [0.15, 0.2) is 74.7 Å². The number of nitrogens with zero attached hydrogens (tertiary/aromatic N) is 3. The Morgan fingerprint density at radius 1 is 1.36 bits per heavy atom. The van der Waals surface area contributed by atoms with Gasteiger partial charge < -0.3 is 20.1 Å². The van der Waals surface area contributed by atoms with Crippen molar-refractivity contribution in [1.82, 2.24) is 10.3 Å². The molecule has 7 nitrogen and oxygen atoms in total. The van der Waals surface area contributed by atoms with Crippen molar-refractivity contribution in [3.63, 3.8) is 0 Å². The standard InChI is InChI=1S/C25H30BrN5O2/c1-5-17-8-20(26)11-24(32-4)25(17)30-16(2)29-21-9-18(19-13-28-31(3)15-19)10-23(12-21)33-22-6-7-27-14-22/h5,8-13,19,22,27,29H,2,6-7,14-15H2,1,3-4H3/b17-5-,30-25+/t19?,22-/m0/s1. The summed E-state index contributed by atoms with van der Waals surface area (Å²) < 4.78 is 12.8. The maximum absolute atomic E-state index is 6.28. The number of ether oxygens (including phenoxy) is 2. The van der Waals surface area contributed by atoms with Crippen LogP contribution in [0.5, 0.6) is 5.75 Å². The Labute approximate surface area is 203 Å². The Morgan fingerprint density at radius 2 is 2.21 bits per heavy atom. The first-order valence-electron chi connectivity index (χ1n) is 11.1. The van der Waals surface area contributed by atoms with Gasteiger partial charge >= 0.3 is 0 Å². The molecule has 0 bridgehead atoms. The lowest BCUT2D eigenvalue weighted by Gasteiger charge is -2.19. The van der Waals surface area contributed by atoms with Crippen molar-refractivity contribution in [3.8, 4) is 5.75 Å². The molecule has 0 amide bonds.